The van der Waals surface area contributed by atoms with E-state index in [-0.39, 0.29) is 25.9 Å². The van der Waals surface area contributed by atoms with Gasteiger partial charge in [0.05, 0.1) is 13.2 Å². The van der Waals surface area contributed by atoms with Crippen molar-refractivity contribution in [3.8, 4) is 5.75 Å². The Hall–Kier alpha value is -2.70. The van der Waals surface area contributed by atoms with Crippen molar-refractivity contribution >= 4 is 0 Å². The highest BCUT2D eigenvalue weighted by Gasteiger charge is 2.16. The van der Waals surface area contributed by atoms with Crippen molar-refractivity contribution in [2.75, 3.05) is 26.4 Å². The molecular formula is C16H25N3O9. The van der Waals surface area contributed by atoms with Gasteiger partial charge in [0.1, 0.15) is 25.1 Å². The summed E-state index contributed by atoms with van der Waals surface area (Å²) in [7, 11) is 0. The zero-order valence-electron chi connectivity index (χ0n) is 15.7. The Morgan fingerprint density at radius 2 is 1.75 bits per heavy atom. The molecule has 0 aliphatic heterocycles. The van der Waals surface area contributed by atoms with Gasteiger partial charge in [-0.05, 0) is 17.7 Å². The lowest BCUT2D eigenvalue weighted by molar-refractivity contribution is -0.790. The second kappa shape index (κ2) is 12.6. The average molecular weight is 403 g/mol. The van der Waals surface area contributed by atoms with Crippen LogP contribution in [-0.4, -0.2) is 59.9 Å². The van der Waals surface area contributed by atoms with Crippen LogP contribution in [0, 0.1) is 20.2 Å². The second-order valence-corrected chi connectivity index (χ2v) is 6.16. The lowest BCUT2D eigenvalue weighted by Crippen LogP contribution is -2.35. The van der Waals surface area contributed by atoms with Crippen LogP contribution in [0.1, 0.15) is 19.4 Å². The van der Waals surface area contributed by atoms with Gasteiger partial charge >= 0.3 is 0 Å². The maximum atomic E-state index is 10.4. The minimum Gasteiger partial charge on any atom is -0.491 e. The topological polar surface area (TPSA) is 155 Å². The molecule has 12 heteroatoms. The first-order chi connectivity index (χ1) is 13.3. The highest BCUT2D eigenvalue weighted by atomic mass is 17.0. The molecule has 12 nitrogen and oxygen atoms in total. The molecule has 1 aromatic rings. The molecule has 0 bridgehead atoms. The van der Waals surface area contributed by atoms with E-state index >= 15 is 0 Å². The summed E-state index contributed by atoms with van der Waals surface area (Å²) in [6.07, 6.45) is -1.85. The zero-order valence-corrected chi connectivity index (χ0v) is 15.7. The highest BCUT2D eigenvalue weighted by molar-refractivity contribution is 5.26. The molecule has 1 rings (SSSR count). The first-order valence-electron chi connectivity index (χ1n) is 8.55. The molecule has 0 fully saturated rings. The van der Waals surface area contributed by atoms with Gasteiger partial charge in [0.15, 0.2) is 6.10 Å². The summed E-state index contributed by atoms with van der Waals surface area (Å²) in [6, 6.07) is 7.12. The fourth-order valence-corrected chi connectivity index (χ4v) is 1.99. The van der Waals surface area contributed by atoms with E-state index < -0.39 is 29.0 Å². The van der Waals surface area contributed by atoms with Crippen LogP contribution >= 0.6 is 0 Å². The molecule has 1 aromatic carbocycles. The van der Waals surface area contributed by atoms with Crippen LogP contribution in [0.5, 0.6) is 5.75 Å². The molecule has 0 saturated heterocycles. The van der Waals surface area contributed by atoms with Gasteiger partial charge in [-0.2, -0.15) is 0 Å². The largest absolute Gasteiger partial charge is 0.491 e. The fourth-order valence-electron chi connectivity index (χ4n) is 1.99. The van der Waals surface area contributed by atoms with Crippen molar-refractivity contribution in [1.29, 1.82) is 0 Å². The Morgan fingerprint density at radius 3 is 2.32 bits per heavy atom. The Kier molecular flexibility index (Phi) is 10.5. The fraction of sp³-hybridized carbons (Fsp3) is 0.625. The van der Waals surface area contributed by atoms with Gasteiger partial charge in [-0.25, -0.2) is 0 Å². The summed E-state index contributed by atoms with van der Waals surface area (Å²) in [5.74, 6) is 0.571. The van der Waals surface area contributed by atoms with Crippen molar-refractivity contribution in [1.82, 2.24) is 5.32 Å². The molecule has 0 aliphatic carbocycles. The van der Waals surface area contributed by atoms with Gasteiger partial charge in [0, 0.05) is 12.6 Å². The van der Waals surface area contributed by atoms with Crippen LogP contribution in [0.15, 0.2) is 24.3 Å². The molecule has 0 saturated carbocycles. The summed E-state index contributed by atoms with van der Waals surface area (Å²) in [4.78, 5) is 28.9. The first-order valence-corrected chi connectivity index (χ1v) is 8.55. The van der Waals surface area contributed by atoms with E-state index in [1.165, 1.54) is 0 Å². The third-order valence-corrected chi connectivity index (χ3v) is 3.30. The molecule has 1 unspecified atom stereocenters. The van der Waals surface area contributed by atoms with Gasteiger partial charge < -0.3 is 29.6 Å². The van der Waals surface area contributed by atoms with E-state index in [1.54, 1.807) is 24.3 Å². The Balaban J connectivity index is 2.36. The second-order valence-electron chi connectivity index (χ2n) is 6.16. The van der Waals surface area contributed by atoms with E-state index in [4.69, 9.17) is 9.47 Å². The summed E-state index contributed by atoms with van der Waals surface area (Å²) >= 11 is 0. The average Bonchev–Trinajstić information content (AvgIpc) is 2.63. The van der Waals surface area contributed by atoms with Crippen LogP contribution in [0.25, 0.3) is 0 Å². The van der Waals surface area contributed by atoms with Crippen LogP contribution in [0.3, 0.4) is 0 Å². The maximum Gasteiger partial charge on any atom is 0.294 e. The van der Waals surface area contributed by atoms with Gasteiger partial charge in [-0.15, -0.1) is 20.2 Å². The number of benzene rings is 1. The SMILES string of the molecule is CC(C)NC[C@H](O)COc1ccc(COCC(CO[N+](=O)[O-])O[N+](=O)[O-])cc1. The number of hydrogen-bond acceptors (Lipinski definition) is 10. The summed E-state index contributed by atoms with van der Waals surface area (Å²) in [6.45, 7) is 3.77. The predicted molar refractivity (Wildman–Crippen MR) is 95.6 cm³/mol. The number of aliphatic hydroxyl groups is 1. The number of ether oxygens (including phenoxy) is 2. The number of aliphatic hydroxyl groups excluding tert-OH is 1. The Morgan fingerprint density at radius 1 is 1.07 bits per heavy atom. The number of nitrogens with one attached hydrogen (secondary N) is 1. The third kappa shape index (κ3) is 11.1. The van der Waals surface area contributed by atoms with E-state index in [9.17, 15) is 25.3 Å². The lowest BCUT2D eigenvalue weighted by Gasteiger charge is -2.15. The summed E-state index contributed by atoms with van der Waals surface area (Å²) < 4.78 is 10.8. The first kappa shape index (κ1) is 23.3. The van der Waals surface area contributed by atoms with E-state index in [2.05, 4.69) is 15.0 Å². The molecule has 0 amide bonds. The van der Waals surface area contributed by atoms with Gasteiger partial charge in [0.25, 0.3) is 10.2 Å². The predicted octanol–water partition coefficient (Wildman–Crippen LogP) is 0.726. The molecule has 2 N–H and O–H groups in total. The molecule has 158 valence electrons. The quantitative estimate of drug-likeness (QED) is 0.316. The summed E-state index contributed by atoms with van der Waals surface area (Å²) in [5.41, 5.74) is 0.754. The van der Waals surface area contributed by atoms with Crippen molar-refractivity contribution < 1.29 is 34.4 Å². The molecular weight excluding hydrogens is 378 g/mol. The van der Waals surface area contributed by atoms with Crippen LogP contribution in [0.4, 0.5) is 0 Å². The Labute approximate surface area is 161 Å². The van der Waals surface area contributed by atoms with E-state index in [1.807, 2.05) is 13.8 Å². The Bertz CT molecular complexity index is 598. The smallest absolute Gasteiger partial charge is 0.294 e. The van der Waals surface area contributed by atoms with Crippen molar-refractivity contribution in [2.24, 2.45) is 0 Å². The maximum absolute atomic E-state index is 10.4. The van der Waals surface area contributed by atoms with Gasteiger partial charge in [-0.1, -0.05) is 26.0 Å². The third-order valence-electron chi connectivity index (χ3n) is 3.30. The normalized spacial score (nSPS) is 13.0. The summed E-state index contributed by atoms with van der Waals surface area (Å²) in [5, 5.41) is 31.3. The molecule has 28 heavy (non-hydrogen) atoms. The van der Waals surface area contributed by atoms with Crippen LogP contribution in [-0.2, 0) is 21.0 Å². The molecule has 0 heterocycles. The van der Waals surface area contributed by atoms with Crippen LogP contribution < -0.4 is 10.1 Å². The molecule has 2 atom stereocenters. The van der Waals surface area contributed by atoms with Gasteiger partial charge in [-0.3, -0.25) is 0 Å². The molecule has 0 radical (unpaired) electrons. The minimum absolute atomic E-state index is 0.108. The zero-order chi connectivity index (χ0) is 20.9. The number of rotatable bonds is 15. The van der Waals surface area contributed by atoms with Gasteiger partial charge in [0.2, 0.25) is 0 Å². The van der Waals surface area contributed by atoms with E-state index in [0.29, 0.717) is 12.3 Å². The standard InChI is InChI=1S/C16H25N3O9/c1-12(2)17-7-14(20)9-26-15-5-3-13(4-6-15)8-25-10-16(28-19(23)24)11-27-18(21)22/h3-6,12,14,16-17,20H,7-11H2,1-2H3/t14-,16?/m0/s1. The molecule has 0 spiro atoms. The number of nitrogens with zero attached hydrogens (tertiary/aromatic N) is 2. The highest BCUT2D eigenvalue weighted by Crippen LogP contribution is 2.13. The monoisotopic (exact) mass is 403 g/mol. The molecule has 0 aromatic heterocycles. The molecule has 0 aliphatic rings. The lowest BCUT2D eigenvalue weighted by atomic mass is 10.2. The van der Waals surface area contributed by atoms with Crippen molar-refractivity contribution in [2.45, 2.75) is 38.7 Å². The minimum atomic E-state index is -1.22. The van der Waals surface area contributed by atoms with E-state index in [0.717, 1.165) is 5.56 Å². The van der Waals surface area contributed by atoms with Crippen LogP contribution in [0.2, 0.25) is 0 Å². The van der Waals surface area contributed by atoms with Crippen molar-refractivity contribution in [3.63, 3.8) is 0 Å². The van der Waals surface area contributed by atoms with Crippen molar-refractivity contribution in [3.05, 3.63) is 50.1 Å². The number of hydrogen-bond donors (Lipinski definition) is 2.